The van der Waals surface area contributed by atoms with Crippen LogP contribution in [0.5, 0.6) is 11.5 Å². The minimum absolute atomic E-state index is 0.123. The summed E-state index contributed by atoms with van der Waals surface area (Å²) in [5.41, 5.74) is -2.52. The normalized spacial score (nSPS) is 12.6. The Morgan fingerprint density at radius 1 is 1.16 bits per heavy atom. The van der Waals surface area contributed by atoms with E-state index in [1.165, 1.54) is 17.0 Å². The minimum Gasteiger partial charge on any atom is -0.496 e. The zero-order valence-electron chi connectivity index (χ0n) is 17.3. The summed E-state index contributed by atoms with van der Waals surface area (Å²) in [4.78, 5) is 5.74. The van der Waals surface area contributed by atoms with Gasteiger partial charge in [-0.15, -0.1) is 11.3 Å². The zero-order valence-corrected chi connectivity index (χ0v) is 19.0. The summed E-state index contributed by atoms with van der Waals surface area (Å²) in [6.07, 6.45) is 1.87. The van der Waals surface area contributed by atoms with Gasteiger partial charge in [0.05, 0.1) is 13.2 Å². The van der Waals surface area contributed by atoms with Crippen LogP contribution >= 0.6 is 23.1 Å². The lowest BCUT2D eigenvalue weighted by atomic mass is 10.1. The van der Waals surface area contributed by atoms with E-state index in [2.05, 4.69) is 17.2 Å². The van der Waals surface area contributed by atoms with Crippen LogP contribution in [0.25, 0.3) is 0 Å². The molecule has 0 unspecified atom stereocenters. The molecular weight excluding hydrogens is 445 g/mol. The van der Waals surface area contributed by atoms with Crippen LogP contribution in [0.3, 0.4) is 0 Å². The van der Waals surface area contributed by atoms with Crippen LogP contribution in [-0.2, 0) is 13.2 Å². The number of hydrogen-bond donors (Lipinski definition) is 1. The van der Waals surface area contributed by atoms with Crippen LogP contribution in [0.2, 0.25) is 0 Å². The predicted octanol–water partition coefficient (Wildman–Crippen LogP) is 6.50. The van der Waals surface area contributed by atoms with Crippen molar-refractivity contribution in [3.63, 3.8) is 0 Å². The third-order valence-corrected chi connectivity index (χ3v) is 6.26. The summed E-state index contributed by atoms with van der Waals surface area (Å²) >= 11 is 1.54. The molecule has 1 heterocycles. The summed E-state index contributed by atoms with van der Waals surface area (Å²) in [6.45, 7) is 4.96. The number of rotatable bonds is 9. The van der Waals surface area contributed by atoms with Gasteiger partial charge in [-0.2, -0.15) is 13.2 Å². The first-order valence-corrected chi connectivity index (χ1v) is 11.2. The van der Waals surface area contributed by atoms with E-state index in [9.17, 15) is 13.2 Å². The summed E-state index contributed by atoms with van der Waals surface area (Å²) in [5.74, 6) is 1.32. The number of nitrogens with zero attached hydrogens (tertiary/aromatic N) is 1. The first-order valence-electron chi connectivity index (χ1n) is 9.53. The smallest absolute Gasteiger partial charge is 0.446 e. The van der Waals surface area contributed by atoms with E-state index in [4.69, 9.17) is 9.47 Å². The molecule has 166 valence electrons. The van der Waals surface area contributed by atoms with Crippen molar-refractivity contribution < 1.29 is 22.6 Å². The maximum Gasteiger partial charge on any atom is 0.446 e. The van der Waals surface area contributed by atoms with Gasteiger partial charge in [0.2, 0.25) is 0 Å². The lowest BCUT2D eigenvalue weighted by Crippen LogP contribution is -2.18. The molecule has 0 bridgehead atoms. The largest absolute Gasteiger partial charge is 0.496 e. The molecule has 9 heteroatoms. The first kappa shape index (κ1) is 23.4. The number of halogens is 3. The fourth-order valence-corrected chi connectivity index (χ4v) is 4.18. The van der Waals surface area contributed by atoms with Crippen molar-refractivity contribution in [2.24, 2.45) is 0 Å². The second kappa shape index (κ2) is 10.4. The number of hydrogen-bond acceptors (Lipinski definition) is 6. The van der Waals surface area contributed by atoms with E-state index in [-0.39, 0.29) is 29.3 Å². The number of benzene rings is 2. The molecule has 0 saturated carbocycles. The monoisotopic (exact) mass is 468 g/mol. The number of nitrogens with one attached hydrogen (secondary N) is 1. The van der Waals surface area contributed by atoms with Gasteiger partial charge in [0, 0.05) is 34.1 Å². The standard InChI is InChI=1S/C22H23F3N2O2S2/c1-14-11-27-21(30-14)15(2)26-12-17-6-7-18(10-20(17)28-3)29-13-16-4-8-19(9-5-16)31-22(23,24)25/h4-11,15,26H,12-13H2,1-3H3/t15-/m0/s1. The molecule has 31 heavy (non-hydrogen) atoms. The first-order chi connectivity index (χ1) is 14.7. The quantitative estimate of drug-likeness (QED) is 0.363. The SMILES string of the molecule is COc1cc(OCc2ccc(SC(F)(F)F)cc2)ccc1CN[C@@H](C)c1ncc(C)s1. The molecule has 2 aromatic carbocycles. The van der Waals surface area contributed by atoms with E-state index in [0.717, 1.165) is 16.1 Å². The Labute approximate surface area is 187 Å². The number of thiazole rings is 1. The van der Waals surface area contributed by atoms with Crippen molar-refractivity contribution in [1.82, 2.24) is 10.3 Å². The molecule has 3 rings (SSSR count). The van der Waals surface area contributed by atoms with Crippen LogP contribution in [-0.4, -0.2) is 17.6 Å². The second-order valence-corrected chi connectivity index (χ2v) is 9.27. The molecule has 1 atom stereocenters. The Morgan fingerprint density at radius 3 is 2.52 bits per heavy atom. The molecule has 0 aliphatic rings. The molecule has 1 N–H and O–H groups in total. The van der Waals surface area contributed by atoms with Gasteiger partial charge < -0.3 is 14.8 Å². The number of aryl methyl sites for hydroxylation is 1. The fraction of sp³-hybridized carbons (Fsp3) is 0.318. The highest BCUT2D eigenvalue weighted by atomic mass is 32.2. The number of alkyl halides is 3. The van der Waals surface area contributed by atoms with Gasteiger partial charge in [-0.05, 0) is 49.4 Å². The molecule has 4 nitrogen and oxygen atoms in total. The van der Waals surface area contributed by atoms with Gasteiger partial charge in [-0.1, -0.05) is 18.2 Å². The van der Waals surface area contributed by atoms with Crippen molar-refractivity contribution in [3.05, 3.63) is 69.7 Å². The average Bonchev–Trinajstić information content (AvgIpc) is 3.17. The average molecular weight is 469 g/mol. The van der Waals surface area contributed by atoms with Crippen LogP contribution in [0.4, 0.5) is 13.2 Å². The zero-order chi connectivity index (χ0) is 22.4. The van der Waals surface area contributed by atoms with Gasteiger partial charge in [-0.3, -0.25) is 0 Å². The molecule has 0 aliphatic carbocycles. The Hall–Kier alpha value is -2.23. The topological polar surface area (TPSA) is 43.4 Å². The summed E-state index contributed by atoms with van der Waals surface area (Å²) in [6, 6.07) is 11.9. The van der Waals surface area contributed by atoms with E-state index in [1.54, 1.807) is 30.6 Å². The van der Waals surface area contributed by atoms with Crippen molar-refractivity contribution in [1.29, 1.82) is 0 Å². The van der Waals surface area contributed by atoms with Gasteiger partial charge in [0.1, 0.15) is 23.1 Å². The van der Waals surface area contributed by atoms with Gasteiger partial charge in [0.25, 0.3) is 0 Å². The molecular formula is C22H23F3N2O2S2. The van der Waals surface area contributed by atoms with Crippen molar-refractivity contribution in [2.45, 2.75) is 43.4 Å². The fourth-order valence-electron chi connectivity index (χ4n) is 2.84. The molecule has 0 radical (unpaired) electrons. The summed E-state index contributed by atoms with van der Waals surface area (Å²) in [5, 5.41) is 4.48. The highest BCUT2D eigenvalue weighted by Crippen LogP contribution is 2.36. The van der Waals surface area contributed by atoms with Crippen molar-refractivity contribution in [2.75, 3.05) is 7.11 Å². The second-order valence-electron chi connectivity index (χ2n) is 6.87. The van der Waals surface area contributed by atoms with Gasteiger partial charge in [-0.25, -0.2) is 4.98 Å². The predicted molar refractivity (Wildman–Crippen MR) is 118 cm³/mol. The van der Waals surface area contributed by atoms with Crippen LogP contribution in [0.1, 0.15) is 34.0 Å². The number of methoxy groups -OCH3 is 1. The van der Waals surface area contributed by atoms with Crippen LogP contribution in [0, 0.1) is 6.92 Å². The maximum absolute atomic E-state index is 12.4. The third kappa shape index (κ3) is 7.15. The Kier molecular flexibility index (Phi) is 7.85. The summed E-state index contributed by atoms with van der Waals surface area (Å²) < 4.78 is 48.6. The van der Waals surface area contributed by atoms with Crippen molar-refractivity contribution >= 4 is 23.1 Å². The molecule has 3 aromatic rings. The van der Waals surface area contributed by atoms with Crippen molar-refractivity contribution in [3.8, 4) is 11.5 Å². The summed E-state index contributed by atoms with van der Waals surface area (Å²) in [7, 11) is 1.60. The van der Waals surface area contributed by atoms with E-state index in [1.807, 2.05) is 31.3 Å². The minimum atomic E-state index is -4.29. The van der Waals surface area contributed by atoms with E-state index in [0.29, 0.717) is 18.0 Å². The van der Waals surface area contributed by atoms with Crippen LogP contribution < -0.4 is 14.8 Å². The van der Waals surface area contributed by atoms with Gasteiger partial charge in [0.15, 0.2) is 0 Å². The third-order valence-electron chi connectivity index (χ3n) is 4.43. The Bertz CT molecular complexity index is 991. The molecule has 0 spiro atoms. The Balaban J connectivity index is 1.57. The lowest BCUT2D eigenvalue weighted by molar-refractivity contribution is -0.0328. The van der Waals surface area contributed by atoms with E-state index < -0.39 is 5.51 Å². The molecule has 0 aliphatic heterocycles. The van der Waals surface area contributed by atoms with Gasteiger partial charge >= 0.3 is 5.51 Å². The number of ether oxygens (including phenoxy) is 2. The molecule has 1 aromatic heterocycles. The van der Waals surface area contributed by atoms with E-state index >= 15 is 0 Å². The molecule has 0 saturated heterocycles. The number of thioether (sulfide) groups is 1. The van der Waals surface area contributed by atoms with Crippen LogP contribution in [0.15, 0.2) is 53.6 Å². The maximum atomic E-state index is 12.4. The highest BCUT2D eigenvalue weighted by Gasteiger charge is 2.29. The number of aromatic nitrogens is 1. The lowest BCUT2D eigenvalue weighted by Gasteiger charge is -2.15. The molecule has 0 fully saturated rings. The highest BCUT2D eigenvalue weighted by molar-refractivity contribution is 8.00. The Morgan fingerprint density at radius 2 is 1.90 bits per heavy atom. The molecule has 0 amide bonds.